The summed E-state index contributed by atoms with van der Waals surface area (Å²) in [5, 5.41) is 10.2. The molecule has 0 amide bonds. The average molecular weight is 542 g/mol. The molecule has 1 atom stereocenters. The third-order valence-electron chi connectivity index (χ3n) is 5.92. The molecule has 14 heteroatoms. The monoisotopic (exact) mass is 541 g/mol. The van der Waals surface area contributed by atoms with Crippen LogP contribution in [0.1, 0.15) is 33.3 Å². The number of hydrogen-bond acceptors (Lipinski definition) is 10. The van der Waals surface area contributed by atoms with Crippen LogP contribution < -0.4 is 10.6 Å². The second-order valence-corrected chi connectivity index (χ2v) is 13.8. The lowest BCUT2D eigenvalue weighted by Crippen LogP contribution is -2.59. The van der Waals surface area contributed by atoms with Crippen molar-refractivity contribution in [3.8, 4) is 0 Å². The Hall–Kier alpha value is -2.39. The molecule has 2 aromatic heterocycles. The highest BCUT2D eigenvalue weighted by molar-refractivity contribution is 7.89. The fourth-order valence-corrected chi connectivity index (χ4v) is 6.55. The first-order valence-corrected chi connectivity index (χ1v) is 14.9. The average Bonchev–Trinajstić information content (AvgIpc) is 2.77. The van der Waals surface area contributed by atoms with Crippen molar-refractivity contribution in [3.05, 3.63) is 36.3 Å². The Labute approximate surface area is 213 Å². The molecule has 0 radical (unpaired) electrons. The van der Waals surface area contributed by atoms with Crippen molar-refractivity contribution in [2.75, 3.05) is 49.6 Å². The van der Waals surface area contributed by atoms with Crippen LogP contribution in [0, 0.1) is 5.92 Å². The lowest BCUT2D eigenvalue weighted by atomic mass is 10.0. The molecule has 0 aliphatic carbocycles. The van der Waals surface area contributed by atoms with Gasteiger partial charge in [-0.2, -0.15) is 8.61 Å². The van der Waals surface area contributed by atoms with Gasteiger partial charge in [-0.1, -0.05) is 13.8 Å². The molecule has 3 rings (SSSR count). The summed E-state index contributed by atoms with van der Waals surface area (Å²) in [6, 6.07) is 2.33. The molecular weight excluding hydrogens is 506 g/mol. The second-order valence-electron chi connectivity index (χ2n) is 9.90. The Kier molecular flexibility index (Phi) is 8.25. The van der Waals surface area contributed by atoms with Crippen LogP contribution in [-0.4, -0.2) is 90.5 Å². The summed E-state index contributed by atoms with van der Waals surface area (Å²) in [7, 11) is -7.54. The largest absolute Gasteiger partial charge is 0.386 e. The van der Waals surface area contributed by atoms with Gasteiger partial charge < -0.3 is 15.7 Å². The van der Waals surface area contributed by atoms with Gasteiger partial charge in [0.05, 0.1) is 17.9 Å². The van der Waals surface area contributed by atoms with Crippen LogP contribution in [0.25, 0.3) is 0 Å². The molecule has 1 aliphatic rings. The van der Waals surface area contributed by atoms with Gasteiger partial charge in [-0.05, 0) is 31.9 Å². The molecule has 0 spiro atoms. The van der Waals surface area contributed by atoms with Crippen molar-refractivity contribution >= 4 is 31.8 Å². The maximum Gasteiger partial charge on any atom is 0.246 e. The van der Waals surface area contributed by atoms with E-state index in [0.29, 0.717) is 11.5 Å². The van der Waals surface area contributed by atoms with Crippen LogP contribution in [-0.2, 0) is 25.6 Å². The quantitative estimate of drug-likeness (QED) is 0.456. The van der Waals surface area contributed by atoms with E-state index in [1.807, 2.05) is 18.7 Å². The smallest absolute Gasteiger partial charge is 0.246 e. The highest BCUT2D eigenvalue weighted by Crippen LogP contribution is 2.26. The van der Waals surface area contributed by atoms with Crippen molar-refractivity contribution in [1.29, 1.82) is 0 Å². The van der Waals surface area contributed by atoms with Gasteiger partial charge in [0.1, 0.15) is 10.7 Å². The molecule has 200 valence electrons. The number of hydrogen-bond donors (Lipinski definition) is 2. The van der Waals surface area contributed by atoms with Crippen molar-refractivity contribution in [1.82, 2.24) is 23.6 Å². The van der Waals surface area contributed by atoms with E-state index in [0.717, 1.165) is 6.26 Å². The predicted octanol–water partition coefficient (Wildman–Crippen LogP) is 0.478. The molecule has 1 aliphatic heterocycles. The van der Waals surface area contributed by atoms with Crippen molar-refractivity contribution in [2.24, 2.45) is 5.92 Å². The minimum absolute atomic E-state index is 0.00259. The van der Waals surface area contributed by atoms with E-state index in [9.17, 15) is 21.9 Å². The number of aliphatic hydroxyl groups is 1. The number of nitrogen functional groups attached to an aromatic ring is 1. The number of piperazine rings is 1. The van der Waals surface area contributed by atoms with E-state index in [4.69, 9.17) is 5.73 Å². The molecule has 0 unspecified atom stereocenters. The van der Waals surface area contributed by atoms with Crippen LogP contribution in [0.4, 0.5) is 11.8 Å². The van der Waals surface area contributed by atoms with E-state index >= 15 is 0 Å². The minimum Gasteiger partial charge on any atom is -0.386 e. The summed E-state index contributed by atoms with van der Waals surface area (Å²) < 4.78 is 54.6. The van der Waals surface area contributed by atoms with Crippen LogP contribution in [0.15, 0.2) is 35.6 Å². The lowest BCUT2D eigenvalue weighted by molar-refractivity contribution is 0.0778. The molecule has 3 heterocycles. The first kappa shape index (κ1) is 28.2. The van der Waals surface area contributed by atoms with Gasteiger partial charge in [-0.25, -0.2) is 31.8 Å². The normalized spacial score (nSPS) is 18.2. The van der Waals surface area contributed by atoms with Gasteiger partial charge in [-0.15, -0.1) is 0 Å². The van der Waals surface area contributed by atoms with E-state index in [-0.39, 0.29) is 49.4 Å². The number of anilines is 2. The highest BCUT2D eigenvalue weighted by atomic mass is 32.2. The zero-order valence-electron chi connectivity index (χ0n) is 21.2. The Morgan fingerprint density at radius 2 is 1.81 bits per heavy atom. The first-order valence-electron chi connectivity index (χ1n) is 11.6. The van der Waals surface area contributed by atoms with Crippen molar-refractivity contribution in [3.63, 3.8) is 0 Å². The summed E-state index contributed by atoms with van der Waals surface area (Å²) in [5.74, 6) is 0.289. The second kappa shape index (κ2) is 10.5. The molecule has 1 saturated heterocycles. The maximum absolute atomic E-state index is 13.4. The minimum atomic E-state index is -3.97. The Morgan fingerprint density at radius 3 is 2.33 bits per heavy atom. The van der Waals surface area contributed by atoms with Gasteiger partial charge in [0.2, 0.25) is 26.0 Å². The molecule has 12 nitrogen and oxygen atoms in total. The summed E-state index contributed by atoms with van der Waals surface area (Å²) in [6.07, 6.45) is 5.59. The fourth-order valence-electron chi connectivity index (χ4n) is 4.00. The standard InChI is InChI=1S/C22H35N7O5S2/c1-16(2)13-28(35(5,31)32)15-18-14-27(36(33,34)19-7-6-8-24-20(19)23)9-10-29(18)21-25-11-17(12-26-21)22(3,4)30/h6-8,11-12,16,18,30H,9-10,13-15H2,1-5H3,(H2,23,24)/t18-/m1/s1. The molecule has 36 heavy (non-hydrogen) atoms. The van der Waals surface area contributed by atoms with Crippen LogP contribution in [0.5, 0.6) is 0 Å². The highest BCUT2D eigenvalue weighted by Gasteiger charge is 2.38. The topological polar surface area (TPSA) is 163 Å². The van der Waals surface area contributed by atoms with E-state index in [1.165, 1.54) is 39.3 Å². The van der Waals surface area contributed by atoms with Crippen LogP contribution in [0.3, 0.4) is 0 Å². The Bertz CT molecular complexity index is 1260. The van der Waals surface area contributed by atoms with E-state index in [1.54, 1.807) is 13.8 Å². The van der Waals surface area contributed by atoms with Gasteiger partial charge in [0, 0.05) is 56.9 Å². The third-order valence-corrected chi connectivity index (χ3v) is 9.07. The summed E-state index contributed by atoms with van der Waals surface area (Å²) in [6.45, 7) is 7.74. The number of nitrogens with zero attached hydrogens (tertiary/aromatic N) is 6. The van der Waals surface area contributed by atoms with Crippen molar-refractivity contribution in [2.45, 2.75) is 44.2 Å². The van der Waals surface area contributed by atoms with Crippen LogP contribution in [0.2, 0.25) is 0 Å². The zero-order chi connectivity index (χ0) is 26.9. The summed E-state index contributed by atoms with van der Waals surface area (Å²) >= 11 is 0. The first-order chi connectivity index (χ1) is 16.6. The maximum atomic E-state index is 13.4. The lowest BCUT2D eigenvalue weighted by Gasteiger charge is -2.42. The Balaban J connectivity index is 1.98. The molecule has 2 aromatic rings. The zero-order valence-corrected chi connectivity index (χ0v) is 22.9. The van der Waals surface area contributed by atoms with E-state index < -0.39 is 31.7 Å². The summed E-state index contributed by atoms with van der Waals surface area (Å²) in [5.41, 5.74) is 5.25. The molecule has 3 N–H and O–H groups in total. The van der Waals surface area contributed by atoms with E-state index in [2.05, 4.69) is 15.0 Å². The van der Waals surface area contributed by atoms with Gasteiger partial charge in [0.15, 0.2) is 0 Å². The molecule has 0 aromatic carbocycles. The Morgan fingerprint density at radius 1 is 1.17 bits per heavy atom. The number of nitrogens with two attached hydrogens (primary N) is 1. The van der Waals surface area contributed by atoms with Gasteiger partial charge in [0.25, 0.3) is 0 Å². The molecular formula is C22H35N7O5S2. The predicted molar refractivity (Wildman–Crippen MR) is 137 cm³/mol. The number of pyridine rings is 1. The number of aromatic nitrogens is 3. The SMILES string of the molecule is CC(C)CN(C[C@H]1CN(S(=O)(=O)c2cccnc2N)CCN1c1ncc(C(C)(C)O)cn1)S(C)(=O)=O. The van der Waals surface area contributed by atoms with Crippen LogP contribution >= 0.6 is 0 Å². The molecule has 1 fully saturated rings. The number of sulfonamides is 2. The van der Waals surface area contributed by atoms with Gasteiger partial charge in [-0.3, -0.25) is 0 Å². The summed E-state index contributed by atoms with van der Waals surface area (Å²) in [4.78, 5) is 14.4. The van der Waals surface area contributed by atoms with Crippen molar-refractivity contribution < 1.29 is 21.9 Å². The third kappa shape index (κ3) is 6.48. The van der Waals surface area contributed by atoms with Gasteiger partial charge >= 0.3 is 0 Å². The molecule has 0 bridgehead atoms. The number of rotatable bonds is 9. The molecule has 0 saturated carbocycles. The fraction of sp³-hybridized carbons (Fsp3) is 0.591.